The lowest BCUT2D eigenvalue weighted by Gasteiger charge is -2.09. The molecule has 5 heteroatoms. The highest BCUT2D eigenvalue weighted by molar-refractivity contribution is 5.66. The molecule has 0 aromatic heterocycles. The number of esters is 1. The summed E-state index contributed by atoms with van der Waals surface area (Å²) in [7, 11) is 1.42. The van der Waals surface area contributed by atoms with Gasteiger partial charge in [-0.25, -0.2) is 0 Å². The molecule has 0 radical (unpaired) electrons. The van der Waals surface area contributed by atoms with E-state index in [1.54, 1.807) is 6.92 Å². The standard InChI is InChI=1S/C7H14N2O3/c1-6(12-7(2)10)4-5-9(11)8-3/h6H,4-5H2,1-3H3. The lowest BCUT2D eigenvalue weighted by Crippen LogP contribution is -2.16. The SMILES string of the molecule is CN=[N+]([O-])CCC(C)OC(C)=O. The molecule has 0 fully saturated rings. The Morgan fingerprint density at radius 1 is 1.75 bits per heavy atom. The second-order valence-electron chi connectivity index (χ2n) is 2.48. The van der Waals surface area contributed by atoms with Crippen LogP contribution in [0.2, 0.25) is 0 Å². The number of carbonyl (C=O) groups is 1. The van der Waals surface area contributed by atoms with Crippen LogP contribution in [0.3, 0.4) is 0 Å². The zero-order valence-electron chi connectivity index (χ0n) is 7.61. The molecule has 1 unspecified atom stereocenters. The van der Waals surface area contributed by atoms with Crippen LogP contribution in [0.15, 0.2) is 5.11 Å². The molecule has 0 amide bonds. The van der Waals surface area contributed by atoms with Crippen molar-refractivity contribution < 1.29 is 14.4 Å². The lowest BCUT2D eigenvalue weighted by atomic mass is 10.3. The maximum Gasteiger partial charge on any atom is 0.302 e. The summed E-state index contributed by atoms with van der Waals surface area (Å²) in [4.78, 5) is 11.0. The minimum absolute atomic E-state index is 0.222. The van der Waals surface area contributed by atoms with Crippen LogP contribution in [0.1, 0.15) is 20.3 Å². The van der Waals surface area contributed by atoms with Gasteiger partial charge in [-0.15, -0.1) is 0 Å². The van der Waals surface area contributed by atoms with Gasteiger partial charge in [0.2, 0.25) is 0 Å². The van der Waals surface area contributed by atoms with E-state index in [1.807, 2.05) is 0 Å². The van der Waals surface area contributed by atoms with Gasteiger partial charge in [-0.2, -0.15) is 0 Å². The summed E-state index contributed by atoms with van der Waals surface area (Å²) in [5.41, 5.74) is 0. The molecule has 0 aliphatic carbocycles. The fraction of sp³-hybridized carbons (Fsp3) is 0.857. The van der Waals surface area contributed by atoms with E-state index in [2.05, 4.69) is 5.11 Å². The molecule has 0 aromatic carbocycles. The molecule has 0 aliphatic heterocycles. The minimum Gasteiger partial charge on any atom is -0.600 e. The molecule has 0 heterocycles. The van der Waals surface area contributed by atoms with Crippen molar-refractivity contribution in [1.82, 2.24) is 0 Å². The molecule has 5 nitrogen and oxygen atoms in total. The van der Waals surface area contributed by atoms with E-state index >= 15 is 0 Å². The summed E-state index contributed by atoms with van der Waals surface area (Å²) >= 11 is 0. The number of nitrogens with zero attached hydrogens (tertiary/aromatic N) is 2. The van der Waals surface area contributed by atoms with E-state index < -0.39 is 0 Å². The zero-order chi connectivity index (χ0) is 9.56. The van der Waals surface area contributed by atoms with Crippen LogP contribution in [0.25, 0.3) is 0 Å². The number of azo groups is 1. The van der Waals surface area contributed by atoms with Crippen molar-refractivity contribution in [3.05, 3.63) is 5.21 Å². The van der Waals surface area contributed by atoms with Crippen LogP contribution < -0.4 is 0 Å². The summed E-state index contributed by atoms with van der Waals surface area (Å²) in [5.74, 6) is -0.326. The molecule has 0 aromatic rings. The number of rotatable bonds is 4. The van der Waals surface area contributed by atoms with Gasteiger partial charge in [0.1, 0.15) is 6.10 Å². The Kier molecular flexibility index (Phi) is 4.99. The molecule has 12 heavy (non-hydrogen) atoms. The molecule has 0 rings (SSSR count). The Morgan fingerprint density at radius 2 is 2.33 bits per heavy atom. The van der Waals surface area contributed by atoms with E-state index in [0.717, 1.165) is 0 Å². The van der Waals surface area contributed by atoms with E-state index in [0.29, 0.717) is 11.3 Å². The molecule has 0 bridgehead atoms. The van der Waals surface area contributed by atoms with Crippen LogP contribution in [-0.4, -0.2) is 30.5 Å². The third-order valence-electron chi connectivity index (χ3n) is 1.32. The minimum atomic E-state index is -0.326. The highest BCUT2D eigenvalue weighted by Crippen LogP contribution is 1.97. The maximum atomic E-state index is 10.6. The smallest absolute Gasteiger partial charge is 0.302 e. The molecule has 0 saturated carbocycles. The highest BCUT2D eigenvalue weighted by Gasteiger charge is 2.07. The summed E-state index contributed by atoms with van der Waals surface area (Å²) in [6.45, 7) is 3.34. The molecule has 1 atom stereocenters. The van der Waals surface area contributed by atoms with Crippen molar-refractivity contribution in [2.75, 3.05) is 13.6 Å². The molecule has 0 saturated heterocycles. The van der Waals surface area contributed by atoms with Crippen LogP contribution in [0.4, 0.5) is 0 Å². The summed E-state index contributed by atoms with van der Waals surface area (Å²) in [6.07, 6.45) is 0.279. The predicted molar refractivity (Wildman–Crippen MR) is 42.7 cm³/mol. The second-order valence-corrected chi connectivity index (χ2v) is 2.48. The number of ether oxygens (including phenoxy) is 1. The largest absolute Gasteiger partial charge is 0.600 e. The highest BCUT2D eigenvalue weighted by atomic mass is 16.5. The van der Waals surface area contributed by atoms with Gasteiger partial charge in [-0.1, -0.05) is 4.86 Å². The first-order chi connectivity index (χ1) is 5.56. The first-order valence-corrected chi connectivity index (χ1v) is 3.78. The average molecular weight is 174 g/mol. The molecule has 0 spiro atoms. The fourth-order valence-electron chi connectivity index (χ4n) is 0.734. The summed E-state index contributed by atoms with van der Waals surface area (Å²) in [6, 6.07) is 0. The van der Waals surface area contributed by atoms with E-state index in [1.165, 1.54) is 14.0 Å². The fourth-order valence-corrected chi connectivity index (χ4v) is 0.734. The van der Waals surface area contributed by atoms with Crippen LogP contribution >= 0.6 is 0 Å². The number of hydrogen-bond donors (Lipinski definition) is 0. The Balaban J connectivity index is 3.57. The van der Waals surface area contributed by atoms with Gasteiger partial charge in [0, 0.05) is 13.3 Å². The Hall–Kier alpha value is -1.13. The van der Waals surface area contributed by atoms with Crippen molar-refractivity contribution in [3.63, 3.8) is 0 Å². The third-order valence-corrected chi connectivity index (χ3v) is 1.32. The van der Waals surface area contributed by atoms with Crippen molar-refractivity contribution >= 4 is 5.97 Å². The van der Waals surface area contributed by atoms with Crippen molar-refractivity contribution in [1.29, 1.82) is 0 Å². The van der Waals surface area contributed by atoms with Gasteiger partial charge in [-0.05, 0) is 12.0 Å². The molecule has 70 valence electrons. The zero-order valence-corrected chi connectivity index (χ0v) is 7.61. The van der Waals surface area contributed by atoms with Crippen molar-refractivity contribution in [2.45, 2.75) is 26.4 Å². The summed E-state index contributed by atoms with van der Waals surface area (Å²) < 4.78 is 4.80. The van der Waals surface area contributed by atoms with Gasteiger partial charge in [-0.3, -0.25) is 4.79 Å². The number of hydroxylamine groups is 1. The summed E-state index contributed by atoms with van der Waals surface area (Å²) in [5, 5.41) is 14.0. The monoisotopic (exact) mass is 174 g/mol. The van der Waals surface area contributed by atoms with Gasteiger partial charge < -0.3 is 9.94 Å². The van der Waals surface area contributed by atoms with Crippen LogP contribution in [0, 0.1) is 5.21 Å². The van der Waals surface area contributed by atoms with Gasteiger partial charge in [0.25, 0.3) is 0 Å². The third kappa shape index (κ3) is 5.64. The first kappa shape index (κ1) is 10.9. The first-order valence-electron chi connectivity index (χ1n) is 3.78. The van der Waals surface area contributed by atoms with E-state index in [4.69, 9.17) is 4.74 Å². The topological polar surface area (TPSA) is 64.7 Å². The normalized spacial score (nSPS) is 14.1. The van der Waals surface area contributed by atoms with Gasteiger partial charge in [0.15, 0.2) is 6.54 Å². The molecular formula is C7H14N2O3. The van der Waals surface area contributed by atoms with Crippen LogP contribution in [0.5, 0.6) is 0 Å². The van der Waals surface area contributed by atoms with Gasteiger partial charge >= 0.3 is 5.97 Å². The lowest BCUT2D eigenvalue weighted by molar-refractivity contribution is -0.529. The molecule has 0 N–H and O–H groups in total. The number of carbonyl (C=O) groups excluding carboxylic acids is 1. The number of hydrogen-bond acceptors (Lipinski definition) is 4. The second kappa shape index (κ2) is 5.51. The Morgan fingerprint density at radius 3 is 2.75 bits per heavy atom. The van der Waals surface area contributed by atoms with Crippen molar-refractivity contribution in [3.8, 4) is 0 Å². The van der Waals surface area contributed by atoms with Gasteiger partial charge in [0.05, 0.1) is 7.05 Å². The van der Waals surface area contributed by atoms with E-state index in [9.17, 15) is 10.0 Å². The molecule has 0 aliphatic rings. The predicted octanol–water partition coefficient (Wildman–Crippen LogP) is 0.920. The molecular weight excluding hydrogens is 160 g/mol. The quantitative estimate of drug-likeness (QED) is 0.275. The average Bonchev–Trinajstić information content (AvgIpc) is 1.99. The van der Waals surface area contributed by atoms with Crippen LogP contribution in [-0.2, 0) is 9.53 Å². The maximum absolute atomic E-state index is 10.6. The Bertz CT molecular complexity index is 179. The van der Waals surface area contributed by atoms with E-state index in [-0.39, 0.29) is 18.6 Å². The van der Waals surface area contributed by atoms with Crippen molar-refractivity contribution in [2.24, 2.45) is 5.11 Å². The Labute approximate surface area is 71.6 Å².